The highest BCUT2D eigenvalue weighted by molar-refractivity contribution is 6.38. The van der Waals surface area contributed by atoms with Crippen molar-refractivity contribution in [1.82, 2.24) is 20.9 Å². The second kappa shape index (κ2) is 13.2. The molecule has 1 aromatic rings. The zero-order valence-electron chi connectivity index (χ0n) is 26.3. The fraction of sp³-hybridized carbons (Fsp3) is 0.677. The van der Waals surface area contributed by atoms with E-state index in [4.69, 9.17) is 18.7 Å². The molecule has 3 fully saturated rings. The summed E-state index contributed by atoms with van der Waals surface area (Å²) in [7, 11) is 0. The van der Waals surface area contributed by atoms with E-state index in [1.54, 1.807) is 32.9 Å². The number of oxime groups is 1. The van der Waals surface area contributed by atoms with Crippen molar-refractivity contribution >= 4 is 35.3 Å². The maximum Gasteiger partial charge on any atom is 0.408 e. The Balaban J connectivity index is 1.37. The zero-order chi connectivity index (χ0) is 32.4. The summed E-state index contributed by atoms with van der Waals surface area (Å²) < 4.78 is 16.3. The van der Waals surface area contributed by atoms with Crippen LogP contribution in [-0.4, -0.2) is 95.8 Å². The van der Waals surface area contributed by atoms with E-state index in [0.29, 0.717) is 30.9 Å². The Bertz CT molecular complexity index is 1310. The first-order chi connectivity index (χ1) is 21.4. The van der Waals surface area contributed by atoms with Gasteiger partial charge in [-0.3, -0.25) is 19.2 Å². The Morgan fingerprint density at radius 2 is 1.93 bits per heavy atom. The van der Waals surface area contributed by atoms with Crippen LogP contribution in [0.3, 0.4) is 0 Å². The number of hydrogen-bond donors (Lipinski definition) is 3. The minimum absolute atomic E-state index is 0.00798. The lowest BCUT2D eigenvalue weighted by atomic mass is 9.85. The summed E-state index contributed by atoms with van der Waals surface area (Å²) in [5.41, 5.74) is -1.28. The maximum absolute atomic E-state index is 14.3. The number of furan rings is 1. The number of Topliss-reactive ketones (excluding diaryl/α,β-unsaturated/α-hetero) is 1. The van der Waals surface area contributed by atoms with Crippen molar-refractivity contribution in [3.63, 3.8) is 0 Å². The lowest BCUT2D eigenvalue weighted by Crippen LogP contribution is -2.59. The van der Waals surface area contributed by atoms with Gasteiger partial charge in [-0.05, 0) is 36.8 Å². The highest BCUT2D eigenvalue weighted by Crippen LogP contribution is 2.40. The number of nitrogens with one attached hydrogen (secondary N) is 3. The summed E-state index contributed by atoms with van der Waals surface area (Å²) in [6.45, 7) is 8.01. The first-order valence-electron chi connectivity index (χ1n) is 15.7. The van der Waals surface area contributed by atoms with Crippen molar-refractivity contribution in [1.29, 1.82) is 0 Å². The molecule has 2 saturated heterocycles. The summed E-state index contributed by atoms with van der Waals surface area (Å²) in [6.07, 6.45) is 3.67. The molecule has 3 aliphatic heterocycles. The number of carbonyl (C=O) groups excluding carboxylic acids is 5. The van der Waals surface area contributed by atoms with Crippen LogP contribution in [-0.2, 0) is 33.5 Å². The number of alkyl carbamates (subject to hydrolysis) is 1. The van der Waals surface area contributed by atoms with E-state index in [1.165, 1.54) is 11.2 Å². The zero-order valence-corrected chi connectivity index (χ0v) is 26.3. The van der Waals surface area contributed by atoms with Gasteiger partial charge in [-0.1, -0.05) is 39.3 Å². The molecular formula is C31H43N5O9. The van der Waals surface area contributed by atoms with Crippen LogP contribution < -0.4 is 16.0 Å². The predicted molar refractivity (Wildman–Crippen MR) is 159 cm³/mol. The fourth-order valence-electron chi connectivity index (χ4n) is 5.90. The Kier molecular flexibility index (Phi) is 9.52. The van der Waals surface area contributed by atoms with Crippen LogP contribution in [0.25, 0.3) is 0 Å². The number of rotatable bonds is 11. The molecule has 4 aliphatic rings. The van der Waals surface area contributed by atoms with Gasteiger partial charge in [-0.25, -0.2) is 4.79 Å². The molecular weight excluding hydrogens is 586 g/mol. The second-order valence-corrected chi connectivity index (χ2v) is 13.4. The average molecular weight is 630 g/mol. The van der Waals surface area contributed by atoms with Crippen molar-refractivity contribution in [2.45, 2.75) is 109 Å². The van der Waals surface area contributed by atoms with Crippen molar-refractivity contribution in [3.8, 4) is 0 Å². The predicted octanol–water partition coefficient (Wildman–Crippen LogP) is 1.81. The quantitative estimate of drug-likeness (QED) is 0.308. The molecule has 14 heteroatoms. The summed E-state index contributed by atoms with van der Waals surface area (Å²) in [4.78, 5) is 74.1. The van der Waals surface area contributed by atoms with Crippen molar-refractivity contribution in [2.24, 2.45) is 10.6 Å². The topological polar surface area (TPSA) is 178 Å². The molecule has 0 bridgehead atoms. The van der Waals surface area contributed by atoms with Gasteiger partial charge >= 0.3 is 6.09 Å². The Morgan fingerprint density at radius 3 is 2.56 bits per heavy atom. The van der Waals surface area contributed by atoms with Crippen LogP contribution in [0, 0.1) is 5.41 Å². The van der Waals surface area contributed by atoms with Crippen LogP contribution in [0.1, 0.15) is 78.4 Å². The molecule has 1 aromatic heterocycles. The third kappa shape index (κ3) is 7.66. The summed E-state index contributed by atoms with van der Waals surface area (Å²) in [5.74, 6) is -2.05. The Hall–Kier alpha value is -3.94. The number of ether oxygens (including phenoxy) is 2. The van der Waals surface area contributed by atoms with E-state index >= 15 is 0 Å². The van der Waals surface area contributed by atoms with Crippen LogP contribution in [0.4, 0.5) is 4.79 Å². The van der Waals surface area contributed by atoms with Crippen LogP contribution >= 0.6 is 0 Å². The van der Waals surface area contributed by atoms with E-state index < -0.39 is 64.8 Å². The molecule has 14 nitrogen and oxygen atoms in total. The van der Waals surface area contributed by atoms with Gasteiger partial charge in [0.25, 0.3) is 5.91 Å². The molecule has 1 saturated carbocycles. The van der Waals surface area contributed by atoms with Crippen LogP contribution in [0.2, 0.25) is 0 Å². The molecule has 3 N–H and O–H groups in total. The maximum atomic E-state index is 14.3. The average Bonchev–Trinajstić information content (AvgIpc) is 3.46. The van der Waals surface area contributed by atoms with E-state index in [1.807, 2.05) is 6.92 Å². The smallest absolute Gasteiger partial charge is 0.408 e. The molecule has 4 amide bonds. The highest BCUT2D eigenvalue weighted by Gasteiger charge is 2.56. The van der Waals surface area contributed by atoms with Crippen molar-refractivity contribution in [3.05, 3.63) is 24.2 Å². The molecule has 5 atom stereocenters. The minimum atomic E-state index is -1.08. The third-order valence-corrected chi connectivity index (χ3v) is 8.51. The minimum Gasteiger partial charge on any atom is -0.463 e. The van der Waals surface area contributed by atoms with E-state index in [9.17, 15) is 24.0 Å². The molecule has 5 rings (SSSR count). The number of carbonyl (C=O) groups is 5. The molecule has 4 heterocycles. The number of likely N-dealkylation sites (tertiary alicyclic amines) is 1. The van der Waals surface area contributed by atoms with E-state index in [2.05, 4.69) is 21.1 Å². The van der Waals surface area contributed by atoms with Gasteiger partial charge in [0.15, 0.2) is 11.4 Å². The molecule has 45 heavy (non-hydrogen) atoms. The second-order valence-electron chi connectivity index (χ2n) is 13.4. The Morgan fingerprint density at radius 1 is 1.16 bits per heavy atom. The molecule has 246 valence electrons. The van der Waals surface area contributed by atoms with Crippen LogP contribution in [0.5, 0.6) is 0 Å². The van der Waals surface area contributed by atoms with Gasteiger partial charge in [0.1, 0.15) is 23.9 Å². The highest BCUT2D eigenvalue weighted by atomic mass is 16.7. The number of nitrogens with zero attached hydrogens (tertiary/aromatic N) is 2. The van der Waals surface area contributed by atoms with Gasteiger partial charge in [-0.2, -0.15) is 0 Å². The molecule has 0 aromatic carbocycles. The number of hydrogen-bond acceptors (Lipinski definition) is 10. The van der Waals surface area contributed by atoms with Gasteiger partial charge in [0.05, 0.1) is 32.1 Å². The summed E-state index contributed by atoms with van der Waals surface area (Å²) in [5, 5.41) is 12.4. The SMILES string of the molecule is CCC[C@H](NC(=O)[C@@H]1C[C@]2(CC(c3ccco3)=NO2)CN1C(=O)[C@@H](NC(=O)O[C@H]1CCOC1)C(C)(C)C)C(=O)C(=O)NC1CC1. The largest absolute Gasteiger partial charge is 0.463 e. The van der Waals surface area contributed by atoms with Crippen molar-refractivity contribution in [2.75, 3.05) is 19.8 Å². The monoisotopic (exact) mass is 629 g/mol. The lowest BCUT2D eigenvalue weighted by molar-refractivity contribution is -0.144. The van der Waals surface area contributed by atoms with Crippen LogP contribution in [0.15, 0.2) is 28.0 Å². The molecule has 0 unspecified atom stereocenters. The first kappa shape index (κ1) is 32.5. The first-order valence-corrected chi connectivity index (χ1v) is 15.7. The standard InChI is InChI=1S/C31H43N5O9/c1-5-7-20(24(37)27(39)32-18-9-10-18)33-26(38)22-15-31(14-21(35-45-31)23-8-6-12-43-23)17-36(22)28(40)25(30(2,3)4)34-29(41)44-19-11-13-42-16-19/h6,8,12,18-20,22,25H,5,7,9-11,13-17H2,1-4H3,(H,32,39)(H,33,38)(H,34,41)/t19-,20-,22-,25+,31+/m0/s1. The van der Waals surface area contributed by atoms with Gasteiger partial charge in [0.2, 0.25) is 17.6 Å². The summed E-state index contributed by atoms with van der Waals surface area (Å²) in [6, 6.07) is 0.256. The normalized spacial score (nSPS) is 25.7. The Labute approximate surface area is 261 Å². The van der Waals surface area contributed by atoms with Gasteiger partial charge in [0, 0.05) is 25.3 Å². The third-order valence-electron chi connectivity index (χ3n) is 8.51. The van der Waals surface area contributed by atoms with E-state index in [0.717, 1.165) is 12.8 Å². The van der Waals surface area contributed by atoms with E-state index in [-0.39, 0.29) is 38.5 Å². The van der Waals surface area contributed by atoms with Gasteiger partial charge < -0.3 is 39.6 Å². The van der Waals surface area contributed by atoms with Crippen molar-refractivity contribution < 1.29 is 42.7 Å². The molecule has 0 radical (unpaired) electrons. The number of ketones is 1. The molecule has 1 aliphatic carbocycles. The number of amides is 4. The fourth-order valence-corrected chi connectivity index (χ4v) is 5.90. The lowest BCUT2D eigenvalue weighted by Gasteiger charge is -2.35. The molecule has 1 spiro atoms. The summed E-state index contributed by atoms with van der Waals surface area (Å²) >= 11 is 0. The van der Waals surface area contributed by atoms with Gasteiger partial charge in [-0.15, -0.1) is 0 Å².